The maximum absolute atomic E-state index is 12.4. The molecule has 1 aliphatic carbocycles. The summed E-state index contributed by atoms with van der Waals surface area (Å²) in [5.74, 6) is 0.168. The molecule has 0 spiro atoms. The van der Waals surface area contributed by atoms with Crippen LogP contribution < -0.4 is 5.32 Å². The van der Waals surface area contributed by atoms with Gasteiger partial charge in [-0.2, -0.15) is 5.10 Å². The molecular formula is C28H22N8O. The molecule has 6 heterocycles. The largest absolute Gasteiger partial charge is 0.353 e. The van der Waals surface area contributed by atoms with Crippen LogP contribution in [0.4, 0.5) is 5.69 Å². The van der Waals surface area contributed by atoms with Crippen molar-refractivity contribution in [3.63, 3.8) is 0 Å². The molecule has 0 aliphatic heterocycles. The Bertz CT molecular complexity index is 1770. The van der Waals surface area contributed by atoms with Crippen molar-refractivity contribution < 1.29 is 4.79 Å². The molecule has 1 amide bonds. The molecule has 37 heavy (non-hydrogen) atoms. The lowest BCUT2D eigenvalue weighted by molar-refractivity contribution is -0.122. The van der Waals surface area contributed by atoms with Gasteiger partial charge in [0, 0.05) is 58.1 Å². The number of aromatic amines is 2. The number of hydrogen-bond donors (Lipinski definition) is 3. The van der Waals surface area contributed by atoms with Gasteiger partial charge in [-0.25, -0.2) is 0 Å². The van der Waals surface area contributed by atoms with Gasteiger partial charge in [0.25, 0.3) is 0 Å². The number of rotatable bonds is 5. The number of hydrogen-bond acceptors (Lipinski definition) is 6. The maximum Gasteiger partial charge on any atom is 0.227 e. The highest BCUT2D eigenvalue weighted by Crippen LogP contribution is 2.34. The third kappa shape index (κ3) is 3.81. The first-order chi connectivity index (χ1) is 18.2. The first-order valence-corrected chi connectivity index (χ1v) is 12.2. The third-order valence-corrected chi connectivity index (χ3v) is 6.96. The van der Waals surface area contributed by atoms with E-state index < -0.39 is 0 Å². The summed E-state index contributed by atoms with van der Waals surface area (Å²) in [6.07, 6.45) is 13.6. The minimum Gasteiger partial charge on any atom is -0.353 e. The summed E-state index contributed by atoms with van der Waals surface area (Å²) in [6.45, 7) is 0. The Hall–Kier alpha value is -4.92. The number of carbonyl (C=O) groups is 1. The number of aromatic nitrogens is 7. The highest BCUT2D eigenvalue weighted by Gasteiger charge is 2.25. The lowest BCUT2D eigenvalue weighted by atomic mass is 9.85. The van der Waals surface area contributed by atoms with E-state index in [9.17, 15) is 4.79 Å². The van der Waals surface area contributed by atoms with Crippen molar-refractivity contribution in [1.29, 1.82) is 0 Å². The van der Waals surface area contributed by atoms with Crippen LogP contribution in [0.2, 0.25) is 0 Å². The van der Waals surface area contributed by atoms with Gasteiger partial charge in [0.2, 0.25) is 5.91 Å². The van der Waals surface area contributed by atoms with Gasteiger partial charge in [0.15, 0.2) is 0 Å². The molecule has 0 aromatic carbocycles. The van der Waals surface area contributed by atoms with Crippen molar-refractivity contribution in [3.8, 4) is 33.9 Å². The summed E-state index contributed by atoms with van der Waals surface area (Å²) >= 11 is 0. The number of H-pyrrole nitrogens is 2. The molecule has 0 atom stereocenters. The maximum atomic E-state index is 12.4. The molecule has 0 saturated heterocycles. The Morgan fingerprint density at radius 3 is 2.59 bits per heavy atom. The predicted molar refractivity (Wildman–Crippen MR) is 141 cm³/mol. The predicted octanol–water partition coefficient (Wildman–Crippen LogP) is 5.36. The number of carbonyl (C=O) groups excluding carboxylic acids is 1. The van der Waals surface area contributed by atoms with E-state index in [1.807, 2.05) is 36.5 Å². The summed E-state index contributed by atoms with van der Waals surface area (Å²) in [4.78, 5) is 33.7. The van der Waals surface area contributed by atoms with Gasteiger partial charge in [-0.05, 0) is 49.2 Å². The Morgan fingerprint density at radius 2 is 1.76 bits per heavy atom. The molecule has 3 N–H and O–H groups in total. The first-order valence-electron chi connectivity index (χ1n) is 12.2. The van der Waals surface area contributed by atoms with Crippen molar-refractivity contribution in [2.24, 2.45) is 5.92 Å². The van der Waals surface area contributed by atoms with Gasteiger partial charge >= 0.3 is 0 Å². The van der Waals surface area contributed by atoms with E-state index in [0.29, 0.717) is 5.69 Å². The average Bonchev–Trinajstić information content (AvgIpc) is 3.52. The van der Waals surface area contributed by atoms with Crippen LogP contribution in [0.15, 0.2) is 73.6 Å². The molecule has 7 rings (SSSR count). The van der Waals surface area contributed by atoms with Gasteiger partial charge < -0.3 is 10.3 Å². The van der Waals surface area contributed by atoms with Crippen molar-refractivity contribution in [3.05, 3.63) is 73.6 Å². The Balaban J connectivity index is 1.26. The van der Waals surface area contributed by atoms with Crippen LogP contribution in [0, 0.1) is 5.92 Å². The van der Waals surface area contributed by atoms with Crippen molar-refractivity contribution >= 4 is 33.4 Å². The molecule has 0 unspecified atom stereocenters. The second-order valence-electron chi connectivity index (χ2n) is 9.31. The second kappa shape index (κ2) is 8.63. The smallest absolute Gasteiger partial charge is 0.227 e. The van der Waals surface area contributed by atoms with E-state index in [0.717, 1.165) is 75.0 Å². The van der Waals surface area contributed by atoms with E-state index in [1.54, 1.807) is 31.0 Å². The third-order valence-electron chi connectivity index (χ3n) is 6.96. The van der Waals surface area contributed by atoms with Crippen LogP contribution in [0.3, 0.4) is 0 Å². The molecule has 0 radical (unpaired) electrons. The normalized spacial score (nSPS) is 13.6. The van der Waals surface area contributed by atoms with Crippen molar-refractivity contribution in [2.75, 3.05) is 5.32 Å². The molecule has 6 aromatic heterocycles. The number of amides is 1. The molecule has 0 bridgehead atoms. The molecule has 1 saturated carbocycles. The Labute approximate surface area is 211 Å². The van der Waals surface area contributed by atoms with Gasteiger partial charge in [0.05, 0.1) is 40.7 Å². The lowest BCUT2D eigenvalue weighted by Gasteiger charge is -2.24. The number of fused-ring (bicyclic) bond motifs is 2. The first kappa shape index (κ1) is 21.4. The fraction of sp³-hybridized carbons (Fsp3) is 0.143. The van der Waals surface area contributed by atoms with E-state index in [2.05, 4.69) is 46.5 Å². The highest BCUT2D eigenvalue weighted by molar-refractivity contribution is 6.00. The summed E-state index contributed by atoms with van der Waals surface area (Å²) in [6, 6.07) is 11.8. The highest BCUT2D eigenvalue weighted by atomic mass is 16.1. The molecule has 9 heteroatoms. The molecular weight excluding hydrogens is 464 g/mol. The Morgan fingerprint density at radius 1 is 0.865 bits per heavy atom. The molecule has 6 aromatic rings. The molecule has 1 aliphatic rings. The van der Waals surface area contributed by atoms with Crippen LogP contribution in [0.25, 0.3) is 55.7 Å². The zero-order chi connectivity index (χ0) is 24.8. The van der Waals surface area contributed by atoms with Gasteiger partial charge in [0.1, 0.15) is 5.69 Å². The standard InChI is InChI=1S/C28H22N8O/c37-28(16-3-1-4-16)33-19-9-18(13-30-14-19)23-10-21-25(15-32-23)35-36-27(21)24-11-20-22(34-24)6-8-31-26(20)17-5-2-7-29-12-17/h2,5-16,34H,1,3-4H2,(H,33,37)(H,35,36). The quantitative estimate of drug-likeness (QED) is 0.301. The fourth-order valence-electron chi connectivity index (χ4n) is 4.76. The van der Waals surface area contributed by atoms with E-state index >= 15 is 0 Å². The number of anilines is 1. The number of nitrogens with one attached hydrogen (secondary N) is 3. The van der Waals surface area contributed by atoms with Crippen LogP contribution >= 0.6 is 0 Å². The molecule has 9 nitrogen and oxygen atoms in total. The number of pyridine rings is 4. The minimum absolute atomic E-state index is 0.0599. The lowest BCUT2D eigenvalue weighted by Crippen LogP contribution is -2.28. The van der Waals surface area contributed by atoms with Crippen LogP contribution in [0.1, 0.15) is 19.3 Å². The zero-order valence-corrected chi connectivity index (χ0v) is 19.8. The van der Waals surface area contributed by atoms with Gasteiger partial charge in [-0.15, -0.1) is 0 Å². The Kier molecular flexibility index (Phi) is 4.99. The summed E-state index contributed by atoms with van der Waals surface area (Å²) in [5, 5.41) is 12.6. The van der Waals surface area contributed by atoms with Crippen LogP contribution in [0.5, 0.6) is 0 Å². The zero-order valence-electron chi connectivity index (χ0n) is 19.8. The summed E-state index contributed by atoms with van der Waals surface area (Å²) in [7, 11) is 0. The van der Waals surface area contributed by atoms with E-state index in [-0.39, 0.29) is 11.8 Å². The van der Waals surface area contributed by atoms with Crippen molar-refractivity contribution in [2.45, 2.75) is 19.3 Å². The SMILES string of the molecule is O=C(Nc1cncc(-c2cc3c(-c4cc5c(-c6cccnc6)nccc5[nH]4)n[nH]c3cn2)c1)C1CCC1. The van der Waals surface area contributed by atoms with Crippen molar-refractivity contribution in [1.82, 2.24) is 35.1 Å². The summed E-state index contributed by atoms with van der Waals surface area (Å²) in [5.41, 5.74) is 7.51. The fourth-order valence-corrected chi connectivity index (χ4v) is 4.76. The minimum atomic E-state index is 0.0599. The van der Waals surface area contributed by atoms with Crippen LogP contribution in [-0.4, -0.2) is 41.0 Å². The monoisotopic (exact) mass is 486 g/mol. The van der Waals surface area contributed by atoms with E-state index in [1.165, 1.54) is 0 Å². The topological polar surface area (TPSA) is 125 Å². The van der Waals surface area contributed by atoms with Crippen LogP contribution in [-0.2, 0) is 4.79 Å². The molecule has 1 fully saturated rings. The number of nitrogens with zero attached hydrogens (tertiary/aromatic N) is 5. The van der Waals surface area contributed by atoms with Gasteiger partial charge in [-0.3, -0.25) is 29.8 Å². The second-order valence-corrected chi connectivity index (χ2v) is 9.31. The van der Waals surface area contributed by atoms with Gasteiger partial charge in [-0.1, -0.05) is 6.42 Å². The summed E-state index contributed by atoms with van der Waals surface area (Å²) < 4.78 is 0. The molecule has 180 valence electrons. The van der Waals surface area contributed by atoms with E-state index in [4.69, 9.17) is 0 Å². The average molecular weight is 487 g/mol.